The van der Waals surface area contributed by atoms with Gasteiger partial charge in [0.05, 0.1) is 13.2 Å². The molecule has 0 aliphatic carbocycles. The molecule has 7 heteroatoms. The third kappa shape index (κ3) is 6.23. The number of hydrogen-bond acceptors (Lipinski definition) is 4. The van der Waals surface area contributed by atoms with Crippen molar-refractivity contribution in [3.63, 3.8) is 0 Å². The number of aliphatic carboxylic acids is 1. The van der Waals surface area contributed by atoms with Gasteiger partial charge in [-0.25, -0.2) is 4.79 Å². The van der Waals surface area contributed by atoms with E-state index in [4.69, 9.17) is 9.84 Å². The fourth-order valence-electron chi connectivity index (χ4n) is 2.43. The van der Waals surface area contributed by atoms with Crippen molar-refractivity contribution in [2.45, 2.75) is 12.5 Å². The summed E-state index contributed by atoms with van der Waals surface area (Å²) in [6.45, 7) is 3.60. The van der Waals surface area contributed by atoms with Crippen LogP contribution in [0.15, 0.2) is 55.1 Å². The summed E-state index contributed by atoms with van der Waals surface area (Å²) in [7, 11) is 0. The minimum Gasteiger partial charge on any atom is -0.480 e. The molecule has 0 fully saturated rings. The van der Waals surface area contributed by atoms with Gasteiger partial charge in [-0.2, -0.15) is 0 Å². The highest BCUT2D eigenvalue weighted by molar-refractivity contribution is 5.98. The van der Waals surface area contributed by atoms with Crippen LogP contribution in [0.5, 0.6) is 0 Å². The molecule has 7 nitrogen and oxygen atoms in total. The predicted octanol–water partition coefficient (Wildman–Crippen LogP) is 1.73. The maximum Gasteiger partial charge on any atom is 0.328 e. The molecule has 0 saturated heterocycles. The van der Waals surface area contributed by atoms with Crippen LogP contribution in [0.2, 0.25) is 0 Å². The minimum absolute atomic E-state index is 0.0371. The summed E-state index contributed by atoms with van der Waals surface area (Å²) in [6.07, 6.45) is 1.45. The fraction of sp³-hybridized carbons (Fsp3) is 0.250. The van der Waals surface area contributed by atoms with Crippen LogP contribution in [0, 0.1) is 0 Å². The van der Waals surface area contributed by atoms with Gasteiger partial charge in [-0.15, -0.1) is 6.58 Å². The second-order valence-corrected chi connectivity index (χ2v) is 5.85. The smallest absolute Gasteiger partial charge is 0.328 e. The van der Waals surface area contributed by atoms with Gasteiger partial charge in [0.15, 0.2) is 6.04 Å². The molecule has 3 N–H and O–H groups in total. The number of amides is 2. The van der Waals surface area contributed by atoms with Gasteiger partial charge in [0.25, 0.3) is 5.91 Å². The van der Waals surface area contributed by atoms with E-state index in [1.54, 1.807) is 12.1 Å². The molecular formula is C20H22N2O5. The number of fused-ring (bicyclic) bond motifs is 1. The van der Waals surface area contributed by atoms with Gasteiger partial charge in [-0.05, 0) is 22.9 Å². The summed E-state index contributed by atoms with van der Waals surface area (Å²) >= 11 is 0. The Bertz CT molecular complexity index is 834. The van der Waals surface area contributed by atoms with Gasteiger partial charge in [0, 0.05) is 18.5 Å². The Morgan fingerprint density at radius 2 is 1.89 bits per heavy atom. The standard InChI is InChI=1S/C20H22N2O5/c1-2-11-27-13-17(20(25)26)22-18(23)9-10-21-19(24)16-8-7-14-5-3-4-6-15(14)12-16/h2-8,12,17H,1,9-11,13H2,(H,21,24)(H,22,23)(H,25,26). The molecule has 1 atom stereocenters. The molecule has 0 aliphatic rings. The number of nitrogens with one attached hydrogen (secondary N) is 2. The van der Waals surface area contributed by atoms with Gasteiger partial charge in [-0.1, -0.05) is 36.4 Å². The maximum atomic E-state index is 12.2. The summed E-state index contributed by atoms with van der Waals surface area (Å²) in [5.41, 5.74) is 0.496. The first-order valence-electron chi connectivity index (χ1n) is 8.49. The van der Waals surface area contributed by atoms with Crippen LogP contribution in [-0.4, -0.2) is 48.7 Å². The topological polar surface area (TPSA) is 105 Å². The summed E-state index contributed by atoms with van der Waals surface area (Å²) in [5.74, 6) is -1.96. The molecule has 0 saturated carbocycles. The zero-order valence-electron chi connectivity index (χ0n) is 14.8. The number of carbonyl (C=O) groups is 3. The quantitative estimate of drug-likeness (QED) is 0.436. The molecule has 0 heterocycles. The summed E-state index contributed by atoms with van der Waals surface area (Å²) < 4.78 is 5.06. The summed E-state index contributed by atoms with van der Waals surface area (Å²) in [5, 5.41) is 16.1. The molecule has 142 valence electrons. The van der Waals surface area contributed by atoms with Crippen molar-refractivity contribution in [1.82, 2.24) is 10.6 Å². The SMILES string of the molecule is C=CCOCC(NC(=O)CCNC(=O)c1ccc2ccccc2c1)C(=O)O. The number of carboxylic acids is 1. The second kappa shape index (κ2) is 10.1. The average Bonchev–Trinajstić information content (AvgIpc) is 2.66. The first-order valence-corrected chi connectivity index (χ1v) is 8.49. The van der Waals surface area contributed by atoms with Crippen molar-refractivity contribution in [3.8, 4) is 0 Å². The van der Waals surface area contributed by atoms with Gasteiger partial charge in [-0.3, -0.25) is 9.59 Å². The Balaban J connectivity index is 1.81. The van der Waals surface area contributed by atoms with Crippen LogP contribution < -0.4 is 10.6 Å². The Morgan fingerprint density at radius 3 is 2.59 bits per heavy atom. The third-order valence-corrected chi connectivity index (χ3v) is 3.80. The minimum atomic E-state index is -1.19. The van der Waals surface area contributed by atoms with Crippen molar-refractivity contribution in [2.24, 2.45) is 0 Å². The molecule has 0 spiro atoms. The van der Waals surface area contributed by atoms with E-state index in [-0.39, 0.29) is 32.1 Å². The van der Waals surface area contributed by atoms with Crippen molar-refractivity contribution in [3.05, 3.63) is 60.7 Å². The summed E-state index contributed by atoms with van der Waals surface area (Å²) in [6, 6.07) is 11.9. The molecular weight excluding hydrogens is 348 g/mol. The Hall–Kier alpha value is -3.19. The number of ether oxygens (including phenoxy) is 1. The lowest BCUT2D eigenvalue weighted by Gasteiger charge is -2.14. The second-order valence-electron chi connectivity index (χ2n) is 5.85. The number of rotatable bonds is 10. The third-order valence-electron chi connectivity index (χ3n) is 3.80. The van der Waals surface area contributed by atoms with Crippen molar-refractivity contribution in [1.29, 1.82) is 0 Å². The Kier molecular flexibility index (Phi) is 7.51. The monoisotopic (exact) mass is 370 g/mol. The van der Waals surface area contributed by atoms with Crippen molar-refractivity contribution in [2.75, 3.05) is 19.8 Å². The average molecular weight is 370 g/mol. The maximum absolute atomic E-state index is 12.2. The fourth-order valence-corrected chi connectivity index (χ4v) is 2.43. The molecule has 1 unspecified atom stereocenters. The molecule has 0 aliphatic heterocycles. The molecule has 27 heavy (non-hydrogen) atoms. The van der Waals surface area contributed by atoms with Crippen molar-refractivity contribution >= 4 is 28.6 Å². The lowest BCUT2D eigenvalue weighted by molar-refractivity contribution is -0.143. The first kappa shape index (κ1) is 20.1. The number of hydrogen-bond donors (Lipinski definition) is 3. The first-order chi connectivity index (χ1) is 13.0. The molecule has 0 radical (unpaired) electrons. The van der Waals surface area contributed by atoms with Crippen LogP contribution in [0.25, 0.3) is 10.8 Å². The highest BCUT2D eigenvalue weighted by atomic mass is 16.5. The zero-order valence-corrected chi connectivity index (χ0v) is 14.8. The largest absolute Gasteiger partial charge is 0.480 e. The van der Waals surface area contributed by atoms with E-state index >= 15 is 0 Å². The Labute approximate surface area is 157 Å². The van der Waals surface area contributed by atoms with Crippen molar-refractivity contribution < 1.29 is 24.2 Å². The van der Waals surface area contributed by atoms with E-state index in [0.29, 0.717) is 5.56 Å². The van der Waals surface area contributed by atoms with E-state index in [9.17, 15) is 14.4 Å². The Morgan fingerprint density at radius 1 is 1.15 bits per heavy atom. The van der Waals surface area contributed by atoms with Gasteiger partial charge in [0.2, 0.25) is 5.91 Å². The molecule has 2 amide bonds. The van der Waals surface area contributed by atoms with Crippen LogP contribution in [0.1, 0.15) is 16.8 Å². The van der Waals surface area contributed by atoms with Gasteiger partial charge >= 0.3 is 5.97 Å². The molecule has 2 aromatic carbocycles. The van der Waals surface area contributed by atoms with Crippen LogP contribution in [0.3, 0.4) is 0 Å². The van der Waals surface area contributed by atoms with E-state index < -0.39 is 17.9 Å². The highest BCUT2D eigenvalue weighted by Gasteiger charge is 2.19. The number of carbonyl (C=O) groups excluding carboxylic acids is 2. The lowest BCUT2D eigenvalue weighted by atomic mass is 10.1. The van der Waals surface area contributed by atoms with Crippen LogP contribution in [0.4, 0.5) is 0 Å². The van der Waals surface area contributed by atoms with Gasteiger partial charge < -0.3 is 20.5 Å². The summed E-state index contributed by atoms with van der Waals surface area (Å²) in [4.78, 5) is 35.2. The van der Waals surface area contributed by atoms with Crippen LogP contribution in [-0.2, 0) is 14.3 Å². The van der Waals surface area contributed by atoms with E-state index in [0.717, 1.165) is 10.8 Å². The number of carboxylic acid groups (broad SMARTS) is 1. The highest BCUT2D eigenvalue weighted by Crippen LogP contribution is 2.15. The van der Waals surface area contributed by atoms with E-state index in [1.165, 1.54) is 6.08 Å². The lowest BCUT2D eigenvalue weighted by Crippen LogP contribution is -2.44. The van der Waals surface area contributed by atoms with E-state index in [1.807, 2.05) is 30.3 Å². The molecule has 0 bridgehead atoms. The number of benzene rings is 2. The molecule has 2 rings (SSSR count). The van der Waals surface area contributed by atoms with Crippen LogP contribution >= 0.6 is 0 Å². The molecule has 2 aromatic rings. The van der Waals surface area contributed by atoms with Gasteiger partial charge in [0.1, 0.15) is 0 Å². The predicted molar refractivity (Wildman–Crippen MR) is 101 cm³/mol. The van der Waals surface area contributed by atoms with E-state index in [2.05, 4.69) is 17.2 Å². The zero-order chi connectivity index (χ0) is 19.6. The molecule has 0 aromatic heterocycles. The normalized spacial score (nSPS) is 11.6.